The van der Waals surface area contributed by atoms with Gasteiger partial charge in [0.05, 0.1) is 10.9 Å². The maximum absolute atomic E-state index is 13.3. The Morgan fingerprint density at radius 1 is 1.06 bits per heavy atom. The van der Waals surface area contributed by atoms with Crippen LogP contribution in [0.15, 0.2) is 52.1 Å². The molecule has 3 heterocycles. The SMILES string of the molecule is CCCn1c(=O)c2ccc(Cl)cc2n2c(=O)n(CC(=O)N3CCN(c4ccc(F)cc4)CC3)nc12. The minimum Gasteiger partial charge on any atom is -0.368 e. The van der Waals surface area contributed by atoms with Crippen LogP contribution in [0.3, 0.4) is 0 Å². The van der Waals surface area contributed by atoms with E-state index >= 15 is 0 Å². The zero-order valence-electron chi connectivity index (χ0n) is 19.2. The predicted molar refractivity (Wildman–Crippen MR) is 132 cm³/mol. The summed E-state index contributed by atoms with van der Waals surface area (Å²) in [6.45, 7) is 4.21. The number of aryl methyl sites for hydroxylation is 1. The number of rotatable bonds is 5. The molecular formula is C24H24ClFN6O3. The topological polar surface area (TPSA) is 84.8 Å². The zero-order valence-corrected chi connectivity index (χ0v) is 19.9. The molecule has 0 bridgehead atoms. The Labute approximate surface area is 204 Å². The van der Waals surface area contributed by atoms with Gasteiger partial charge in [-0.2, -0.15) is 0 Å². The van der Waals surface area contributed by atoms with Crippen molar-refractivity contribution < 1.29 is 9.18 Å². The van der Waals surface area contributed by atoms with Gasteiger partial charge in [0.25, 0.3) is 5.56 Å². The third-order valence-corrected chi connectivity index (χ3v) is 6.53. The van der Waals surface area contributed by atoms with Crippen molar-refractivity contribution in [1.29, 1.82) is 0 Å². The minimum atomic E-state index is -0.504. The van der Waals surface area contributed by atoms with Crippen LogP contribution in [0.1, 0.15) is 13.3 Å². The molecule has 1 fully saturated rings. The molecular weight excluding hydrogens is 475 g/mol. The van der Waals surface area contributed by atoms with E-state index in [1.165, 1.54) is 21.1 Å². The fourth-order valence-electron chi connectivity index (χ4n) is 4.51. The zero-order chi connectivity index (χ0) is 24.7. The number of carbonyl (C=O) groups excluding carboxylic acids is 1. The number of piperazine rings is 1. The maximum atomic E-state index is 13.3. The Hall–Kier alpha value is -3.66. The fourth-order valence-corrected chi connectivity index (χ4v) is 4.68. The van der Waals surface area contributed by atoms with E-state index < -0.39 is 5.69 Å². The summed E-state index contributed by atoms with van der Waals surface area (Å²) < 4.78 is 17.1. The van der Waals surface area contributed by atoms with E-state index in [2.05, 4.69) is 10.00 Å². The Kier molecular flexibility index (Phi) is 6.06. The molecule has 1 amide bonds. The van der Waals surface area contributed by atoms with E-state index in [1.54, 1.807) is 35.2 Å². The van der Waals surface area contributed by atoms with Gasteiger partial charge >= 0.3 is 5.69 Å². The summed E-state index contributed by atoms with van der Waals surface area (Å²) in [6, 6.07) is 11.0. The first-order valence-electron chi connectivity index (χ1n) is 11.5. The molecule has 0 N–H and O–H groups in total. The lowest BCUT2D eigenvalue weighted by Gasteiger charge is -2.36. The average molecular weight is 499 g/mol. The molecule has 2 aromatic carbocycles. The molecule has 0 atom stereocenters. The molecule has 5 rings (SSSR count). The van der Waals surface area contributed by atoms with Crippen molar-refractivity contribution in [2.45, 2.75) is 26.4 Å². The van der Waals surface area contributed by atoms with Gasteiger partial charge in [-0.05, 0) is 48.9 Å². The lowest BCUT2D eigenvalue weighted by Crippen LogP contribution is -2.50. The standard InChI is InChI=1S/C24H24ClFN6O3/c1-2-9-30-22(34)19-8-3-16(25)14-20(19)32-23(30)27-31(24(32)35)15-21(33)29-12-10-28(11-13-29)18-6-4-17(26)5-7-18/h3-8,14H,2,9-13,15H2,1H3. The van der Waals surface area contributed by atoms with Crippen molar-refractivity contribution in [3.63, 3.8) is 0 Å². The Morgan fingerprint density at radius 2 is 1.77 bits per heavy atom. The number of hydrogen-bond acceptors (Lipinski definition) is 5. The maximum Gasteiger partial charge on any atom is 0.352 e. The summed E-state index contributed by atoms with van der Waals surface area (Å²) in [6.07, 6.45) is 0.674. The molecule has 0 unspecified atom stereocenters. The molecule has 11 heteroatoms. The van der Waals surface area contributed by atoms with Crippen LogP contribution >= 0.6 is 11.6 Å². The van der Waals surface area contributed by atoms with Crippen LogP contribution < -0.4 is 16.1 Å². The predicted octanol–water partition coefficient (Wildman–Crippen LogP) is 2.36. The van der Waals surface area contributed by atoms with E-state index in [-0.39, 0.29) is 29.6 Å². The Bertz CT molecular complexity index is 1530. The van der Waals surface area contributed by atoms with Gasteiger partial charge in [0.1, 0.15) is 12.4 Å². The summed E-state index contributed by atoms with van der Waals surface area (Å²) in [7, 11) is 0. The molecule has 1 saturated heterocycles. The summed E-state index contributed by atoms with van der Waals surface area (Å²) in [5.74, 6) is -0.341. The molecule has 4 aromatic rings. The van der Waals surface area contributed by atoms with Gasteiger partial charge < -0.3 is 9.80 Å². The molecule has 0 saturated carbocycles. The van der Waals surface area contributed by atoms with Crippen molar-refractivity contribution in [3.8, 4) is 0 Å². The highest BCUT2D eigenvalue weighted by Gasteiger charge is 2.24. The van der Waals surface area contributed by atoms with Crippen molar-refractivity contribution in [2.24, 2.45) is 0 Å². The summed E-state index contributed by atoms with van der Waals surface area (Å²) in [5.41, 5.74) is 0.498. The van der Waals surface area contributed by atoms with Gasteiger partial charge in [-0.15, -0.1) is 5.10 Å². The van der Waals surface area contributed by atoms with Crippen molar-refractivity contribution in [1.82, 2.24) is 23.6 Å². The molecule has 182 valence electrons. The molecule has 2 aromatic heterocycles. The van der Waals surface area contributed by atoms with Crippen LogP contribution in [0.2, 0.25) is 5.02 Å². The van der Waals surface area contributed by atoms with Gasteiger partial charge in [0.15, 0.2) is 0 Å². The number of benzene rings is 2. The highest BCUT2D eigenvalue weighted by atomic mass is 35.5. The molecule has 0 aliphatic carbocycles. The van der Waals surface area contributed by atoms with E-state index in [0.717, 1.165) is 10.4 Å². The van der Waals surface area contributed by atoms with Gasteiger partial charge in [-0.25, -0.2) is 18.3 Å². The van der Waals surface area contributed by atoms with Gasteiger partial charge in [-0.1, -0.05) is 18.5 Å². The number of carbonyl (C=O) groups is 1. The second kappa shape index (κ2) is 9.18. The molecule has 0 spiro atoms. The summed E-state index contributed by atoms with van der Waals surface area (Å²) in [5, 5.41) is 5.12. The van der Waals surface area contributed by atoms with Crippen LogP contribution in [0.5, 0.6) is 0 Å². The Balaban J connectivity index is 1.42. The first-order chi connectivity index (χ1) is 16.9. The number of aromatic nitrogens is 4. The molecule has 1 aliphatic rings. The quantitative estimate of drug-likeness (QED) is 0.422. The number of nitrogens with zero attached hydrogens (tertiary/aromatic N) is 6. The molecule has 35 heavy (non-hydrogen) atoms. The van der Waals surface area contributed by atoms with Crippen LogP contribution in [0.25, 0.3) is 16.7 Å². The average Bonchev–Trinajstić information content (AvgIpc) is 3.18. The monoisotopic (exact) mass is 498 g/mol. The number of halogens is 2. The lowest BCUT2D eigenvalue weighted by atomic mass is 10.2. The first-order valence-corrected chi connectivity index (χ1v) is 11.8. The smallest absolute Gasteiger partial charge is 0.352 e. The van der Waals surface area contributed by atoms with Crippen LogP contribution in [0.4, 0.5) is 10.1 Å². The number of hydrogen-bond donors (Lipinski definition) is 0. The Morgan fingerprint density at radius 3 is 2.46 bits per heavy atom. The van der Waals surface area contributed by atoms with E-state index in [9.17, 15) is 18.8 Å². The third-order valence-electron chi connectivity index (χ3n) is 6.30. The van der Waals surface area contributed by atoms with E-state index in [1.807, 2.05) is 6.92 Å². The number of amides is 1. The third kappa shape index (κ3) is 4.18. The van der Waals surface area contributed by atoms with Crippen LogP contribution in [0, 0.1) is 5.82 Å². The van der Waals surface area contributed by atoms with Crippen molar-refractivity contribution >= 4 is 39.9 Å². The molecule has 9 nitrogen and oxygen atoms in total. The first kappa shape index (κ1) is 23.1. The fraction of sp³-hybridized carbons (Fsp3) is 0.333. The highest BCUT2D eigenvalue weighted by Crippen LogP contribution is 2.18. The number of anilines is 1. The van der Waals surface area contributed by atoms with Crippen LogP contribution in [-0.4, -0.2) is 55.7 Å². The van der Waals surface area contributed by atoms with E-state index in [4.69, 9.17) is 11.6 Å². The lowest BCUT2D eigenvalue weighted by molar-refractivity contribution is -0.132. The highest BCUT2D eigenvalue weighted by molar-refractivity contribution is 6.31. The minimum absolute atomic E-state index is 0.186. The van der Waals surface area contributed by atoms with Gasteiger partial charge in [0.2, 0.25) is 11.7 Å². The van der Waals surface area contributed by atoms with E-state index in [0.29, 0.717) is 55.1 Å². The summed E-state index contributed by atoms with van der Waals surface area (Å²) >= 11 is 6.15. The summed E-state index contributed by atoms with van der Waals surface area (Å²) in [4.78, 5) is 43.2. The normalized spacial score (nSPS) is 14.3. The van der Waals surface area contributed by atoms with Gasteiger partial charge in [-0.3, -0.25) is 14.2 Å². The van der Waals surface area contributed by atoms with Gasteiger partial charge in [0, 0.05) is 43.4 Å². The van der Waals surface area contributed by atoms with Crippen molar-refractivity contribution in [3.05, 3.63) is 74.1 Å². The number of fused-ring (bicyclic) bond motifs is 3. The second-order valence-corrected chi connectivity index (χ2v) is 8.97. The van der Waals surface area contributed by atoms with Crippen molar-refractivity contribution in [2.75, 3.05) is 31.1 Å². The molecule has 1 aliphatic heterocycles. The largest absolute Gasteiger partial charge is 0.368 e. The van der Waals surface area contributed by atoms with Crippen LogP contribution in [-0.2, 0) is 17.9 Å². The molecule has 0 radical (unpaired) electrons. The second-order valence-electron chi connectivity index (χ2n) is 8.54.